The van der Waals surface area contributed by atoms with Crippen LogP contribution in [0, 0.1) is 0 Å². The molecule has 0 aliphatic heterocycles. The summed E-state index contributed by atoms with van der Waals surface area (Å²) in [6.07, 6.45) is 3.62. The van der Waals surface area contributed by atoms with Gasteiger partial charge in [-0.25, -0.2) is 4.79 Å². The zero-order valence-electron chi connectivity index (χ0n) is 6.07. The molecule has 0 spiro atoms. The predicted molar refractivity (Wildman–Crippen MR) is 46.0 cm³/mol. The summed E-state index contributed by atoms with van der Waals surface area (Å²) < 4.78 is 0. The highest BCUT2D eigenvalue weighted by atomic mass is 32.1. The Morgan fingerprint density at radius 1 is 1.64 bits per heavy atom. The Morgan fingerprint density at radius 3 is 2.91 bits per heavy atom. The minimum absolute atomic E-state index is 0.383. The van der Waals surface area contributed by atoms with E-state index in [0.717, 1.165) is 5.56 Å². The Kier molecular flexibility index (Phi) is 2.44. The molecule has 0 aromatic carbocycles. The maximum atomic E-state index is 10.5. The topological polar surface area (TPSA) is 37.3 Å². The van der Waals surface area contributed by atoms with Crippen LogP contribution in [0.15, 0.2) is 16.8 Å². The van der Waals surface area contributed by atoms with Crippen molar-refractivity contribution in [1.82, 2.24) is 0 Å². The fourth-order valence-corrected chi connectivity index (χ4v) is 1.58. The molecule has 0 saturated carbocycles. The molecule has 58 valence electrons. The van der Waals surface area contributed by atoms with Gasteiger partial charge in [0.05, 0.1) is 5.56 Å². The lowest BCUT2D eigenvalue weighted by Gasteiger charge is -1.89. The molecule has 1 rings (SSSR count). The minimum atomic E-state index is -0.862. The van der Waals surface area contributed by atoms with Crippen molar-refractivity contribution in [3.05, 3.63) is 28.0 Å². The maximum absolute atomic E-state index is 10.5. The van der Waals surface area contributed by atoms with Crippen LogP contribution in [-0.4, -0.2) is 11.1 Å². The van der Waals surface area contributed by atoms with Gasteiger partial charge < -0.3 is 5.11 Å². The average Bonchev–Trinajstić information content (AvgIpc) is 2.36. The van der Waals surface area contributed by atoms with Gasteiger partial charge in [-0.15, -0.1) is 0 Å². The van der Waals surface area contributed by atoms with Crippen LogP contribution in [0.5, 0.6) is 0 Å². The van der Waals surface area contributed by atoms with Crippen LogP contribution >= 0.6 is 11.3 Å². The van der Waals surface area contributed by atoms with Gasteiger partial charge in [-0.1, -0.05) is 12.2 Å². The maximum Gasteiger partial charge on any atom is 0.337 e. The van der Waals surface area contributed by atoms with Crippen LogP contribution in [0.4, 0.5) is 0 Å². The third-order valence-corrected chi connectivity index (χ3v) is 2.03. The van der Waals surface area contributed by atoms with E-state index in [1.54, 1.807) is 11.5 Å². The van der Waals surface area contributed by atoms with Crippen molar-refractivity contribution < 1.29 is 9.90 Å². The average molecular weight is 168 g/mol. The van der Waals surface area contributed by atoms with Crippen molar-refractivity contribution in [2.75, 3.05) is 0 Å². The molecule has 11 heavy (non-hydrogen) atoms. The van der Waals surface area contributed by atoms with E-state index < -0.39 is 5.97 Å². The number of aromatic carboxylic acids is 1. The lowest BCUT2D eigenvalue weighted by Crippen LogP contribution is -1.94. The van der Waals surface area contributed by atoms with Gasteiger partial charge in [0.2, 0.25) is 0 Å². The van der Waals surface area contributed by atoms with Crippen molar-refractivity contribution in [1.29, 1.82) is 0 Å². The fourth-order valence-electron chi connectivity index (χ4n) is 0.789. The van der Waals surface area contributed by atoms with Crippen molar-refractivity contribution in [3.8, 4) is 0 Å². The SMILES string of the molecule is CC=Cc1cscc1C(=O)O. The fraction of sp³-hybridized carbons (Fsp3) is 0.125. The highest BCUT2D eigenvalue weighted by molar-refractivity contribution is 7.08. The van der Waals surface area contributed by atoms with E-state index in [1.165, 1.54) is 11.3 Å². The molecular formula is C8H8O2S. The van der Waals surface area contributed by atoms with Crippen LogP contribution in [-0.2, 0) is 0 Å². The third kappa shape index (κ3) is 1.68. The van der Waals surface area contributed by atoms with Gasteiger partial charge in [-0.05, 0) is 17.9 Å². The van der Waals surface area contributed by atoms with Gasteiger partial charge in [0.15, 0.2) is 0 Å². The summed E-state index contributed by atoms with van der Waals surface area (Å²) in [4.78, 5) is 10.5. The second-order valence-corrected chi connectivity index (χ2v) is 2.79. The first kappa shape index (κ1) is 8.01. The second kappa shape index (κ2) is 3.34. The molecule has 0 fully saturated rings. The zero-order chi connectivity index (χ0) is 8.27. The quantitative estimate of drug-likeness (QED) is 0.736. The monoisotopic (exact) mass is 168 g/mol. The molecule has 0 unspecified atom stereocenters. The molecule has 0 atom stereocenters. The van der Waals surface area contributed by atoms with Crippen molar-refractivity contribution in [2.24, 2.45) is 0 Å². The van der Waals surface area contributed by atoms with Gasteiger partial charge in [-0.3, -0.25) is 0 Å². The van der Waals surface area contributed by atoms with E-state index >= 15 is 0 Å². The summed E-state index contributed by atoms with van der Waals surface area (Å²) in [5, 5.41) is 12.1. The van der Waals surface area contributed by atoms with Crippen molar-refractivity contribution in [2.45, 2.75) is 6.92 Å². The summed E-state index contributed by atoms with van der Waals surface area (Å²) >= 11 is 1.40. The molecule has 0 bridgehead atoms. The molecule has 1 N–H and O–H groups in total. The van der Waals surface area contributed by atoms with Crippen LogP contribution in [0.2, 0.25) is 0 Å². The first-order valence-corrected chi connectivity index (χ1v) is 4.12. The number of carboxylic acid groups (broad SMARTS) is 1. The lowest BCUT2D eigenvalue weighted by molar-refractivity contribution is 0.0697. The first-order chi connectivity index (χ1) is 5.25. The number of thiophene rings is 1. The number of carboxylic acids is 1. The number of rotatable bonds is 2. The van der Waals surface area contributed by atoms with Crippen LogP contribution < -0.4 is 0 Å². The molecule has 3 heteroatoms. The molecule has 0 aliphatic rings. The number of hydrogen-bond donors (Lipinski definition) is 1. The highest BCUT2D eigenvalue weighted by Gasteiger charge is 2.07. The van der Waals surface area contributed by atoms with E-state index in [4.69, 9.17) is 5.11 Å². The summed E-state index contributed by atoms with van der Waals surface area (Å²) in [5.74, 6) is -0.862. The van der Waals surface area contributed by atoms with E-state index in [9.17, 15) is 4.79 Å². The van der Waals surface area contributed by atoms with Gasteiger partial charge in [-0.2, -0.15) is 11.3 Å². The number of allylic oxidation sites excluding steroid dienone is 1. The van der Waals surface area contributed by atoms with Gasteiger partial charge in [0.1, 0.15) is 0 Å². The predicted octanol–water partition coefficient (Wildman–Crippen LogP) is 2.48. The molecule has 0 amide bonds. The normalized spacial score (nSPS) is 10.6. The van der Waals surface area contributed by atoms with Gasteiger partial charge >= 0.3 is 5.97 Å². The second-order valence-electron chi connectivity index (χ2n) is 2.05. The Labute approximate surface area is 68.8 Å². The van der Waals surface area contributed by atoms with Crippen LogP contribution in [0.3, 0.4) is 0 Å². The van der Waals surface area contributed by atoms with Crippen LogP contribution in [0.1, 0.15) is 22.8 Å². The van der Waals surface area contributed by atoms with Crippen molar-refractivity contribution >= 4 is 23.4 Å². The Balaban J connectivity index is 3.05. The largest absolute Gasteiger partial charge is 0.478 e. The molecule has 2 nitrogen and oxygen atoms in total. The van der Waals surface area contributed by atoms with Crippen LogP contribution in [0.25, 0.3) is 6.08 Å². The molecule has 0 saturated heterocycles. The lowest BCUT2D eigenvalue weighted by atomic mass is 10.2. The molecule has 0 aliphatic carbocycles. The summed E-state index contributed by atoms with van der Waals surface area (Å²) in [5.41, 5.74) is 1.16. The minimum Gasteiger partial charge on any atom is -0.478 e. The Bertz CT molecular complexity index is 286. The zero-order valence-corrected chi connectivity index (χ0v) is 6.89. The van der Waals surface area contributed by atoms with Gasteiger partial charge in [0.25, 0.3) is 0 Å². The molecular weight excluding hydrogens is 160 g/mol. The van der Waals surface area contributed by atoms with E-state index in [0.29, 0.717) is 5.56 Å². The standard InChI is InChI=1S/C8H8O2S/c1-2-3-6-4-11-5-7(6)8(9)10/h2-5H,1H3,(H,9,10). The van der Waals surface area contributed by atoms with Crippen molar-refractivity contribution in [3.63, 3.8) is 0 Å². The van der Waals surface area contributed by atoms with E-state index in [-0.39, 0.29) is 0 Å². The summed E-state index contributed by atoms with van der Waals surface area (Å²) in [6, 6.07) is 0. The Morgan fingerprint density at radius 2 is 2.36 bits per heavy atom. The molecule has 1 heterocycles. The van der Waals surface area contributed by atoms with Gasteiger partial charge in [0, 0.05) is 5.38 Å². The molecule has 0 radical (unpaired) electrons. The van der Waals surface area contributed by atoms with E-state index in [1.807, 2.05) is 18.4 Å². The molecule has 1 aromatic heterocycles. The number of hydrogen-bond acceptors (Lipinski definition) is 2. The first-order valence-electron chi connectivity index (χ1n) is 3.18. The molecule has 1 aromatic rings. The Hall–Kier alpha value is -1.09. The summed E-state index contributed by atoms with van der Waals surface area (Å²) in [6.45, 7) is 1.86. The highest BCUT2D eigenvalue weighted by Crippen LogP contribution is 2.16. The third-order valence-electron chi connectivity index (χ3n) is 1.27. The number of carbonyl (C=O) groups is 1. The smallest absolute Gasteiger partial charge is 0.337 e. The summed E-state index contributed by atoms with van der Waals surface area (Å²) in [7, 11) is 0. The van der Waals surface area contributed by atoms with E-state index in [2.05, 4.69) is 0 Å².